The van der Waals surface area contributed by atoms with Crippen LogP contribution in [0.2, 0.25) is 0 Å². The van der Waals surface area contributed by atoms with Gasteiger partial charge in [0.2, 0.25) is 0 Å². The smallest absolute Gasteiger partial charge is 0.303 e. The van der Waals surface area contributed by atoms with Gasteiger partial charge in [-0.15, -0.1) is 11.3 Å². The number of amides is 1. The molecule has 100 valence electrons. The second-order valence-corrected chi connectivity index (χ2v) is 5.75. The molecule has 0 aliphatic heterocycles. The highest BCUT2D eigenvalue weighted by molar-refractivity contribution is 7.12. The molecule has 0 saturated carbocycles. The Hall–Kier alpha value is -1.36. The number of carboxylic acids is 1. The van der Waals surface area contributed by atoms with Crippen LogP contribution in [-0.4, -0.2) is 23.5 Å². The number of carboxylic acid groups (broad SMARTS) is 1. The van der Waals surface area contributed by atoms with Gasteiger partial charge < -0.3 is 10.4 Å². The maximum Gasteiger partial charge on any atom is 0.303 e. The van der Waals surface area contributed by atoms with Gasteiger partial charge in [0.1, 0.15) is 0 Å². The summed E-state index contributed by atoms with van der Waals surface area (Å²) in [4.78, 5) is 24.3. The predicted octanol–water partition coefficient (Wildman–Crippen LogP) is 2.74. The van der Waals surface area contributed by atoms with Crippen molar-refractivity contribution in [2.75, 3.05) is 6.54 Å². The lowest BCUT2D eigenvalue weighted by atomic mass is 10.2. The van der Waals surface area contributed by atoms with Gasteiger partial charge in [-0.1, -0.05) is 6.42 Å². The Balaban J connectivity index is 2.22. The first kappa shape index (κ1) is 14.7. The lowest BCUT2D eigenvalue weighted by Crippen LogP contribution is -2.24. The Morgan fingerprint density at radius 3 is 2.56 bits per heavy atom. The van der Waals surface area contributed by atoms with Crippen molar-refractivity contribution in [1.29, 1.82) is 0 Å². The molecule has 0 aromatic carbocycles. The quantitative estimate of drug-likeness (QED) is 0.748. The average molecular weight is 269 g/mol. The van der Waals surface area contributed by atoms with Crippen LogP contribution in [0.25, 0.3) is 0 Å². The van der Waals surface area contributed by atoms with E-state index in [1.54, 1.807) is 11.3 Å². The van der Waals surface area contributed by atoms with Crippen molar-refractivity contribution >= 4 is 23.2 Å². The fourth-order valence-electron chi connectivity index (χ4n) is 1.73. The highest BCUT2D eigenvalue weighted by Gasteiger charge is 2.10. The summed E-state index contributed by atoms with van der Waals surface area (Å²) < 4.78 is 0. The van der Waals surface area contributed by atoms with Crippen molar-refractivity contribution in [2.45, 2.75) is 39.5 Å². The molecule has 0 bridgehead atoms. The van der Waals surface area contributed by atoms with Gasteiger partial charge in [-0.3, -0.25) is 9.59 Å². The second-order valence-electron chi connectivity index (χ2n) is 4.29. The first-order valence-corrected chi connectivity index (χ1v) is 6.89. The first-order chi connectivity index (χ1) is 8.50. The minimum absolute atomic E-state index is 0.0323. The van der Waals surface area contributed by atoms with Gasteiger partial charge in [-0.05, 0) is 32.8 Å². The van der Waals surface area contributed by atoms with Crippen molar-refractivity contribution in [3.05, 3.63) is 21.4 Å². The molecule has 0 radical (unpaired) electrons. The van der Waals surface area contributed by atoms with Crippen LogP contribution in [0.1, 0.15) is 45.8 Å². The maximum atomic E-state index is 11.8. The van der Waals surface area contributed by atoms with Crippen LogP contribution in [-0.2, 0) is 4.79 Å². The van der Waals surface area contributed by atoms with Crippen LogP contribution in [0.15, 0.2) is 6.07 Å². The van der Waals surface area contributed by atoms with Gasteiger partial charge in [0.25, 0.3) is 5.91 Å². The van der Waals surface area contributed by atoms with E-state index in [4.69, 9.17) is 5.11 Å². The molecule has 0 atom stereocenters. The first-order valence-electron chi connectivity index (χ1n) is 6.07. The van der Waals surface area contributed by atoms with Crippen LogP contribution >= 0.6 is 11.3 Å². The molecule has 2 N–H and O–H groups in total. The number of unbranched alkanes of at least 4 members (excludes halogenated alkanes) is 2. The molecular formula is C13H19NO3S. The van der Waals surface area contributed by atoms with Crippen LogP contribution in [0.3, 0.4) is 0 Å². The summed E-state index contributed by atoms with van der Waals surface area (Å²) in [7, 11) is 0. The number of thiophene rings is 1. The summed E-state index contributed by atoms with van der Waals surface area (Å²) in [6.07, 6.45) is 2.52. The number of hydrogen-bond acceptors (Lipinski definition) is 3. The van der Waals surface area contributed by atoms with Crippen molar-refractivity contribution in [2.24, 2.45) is 0 Å². The van der Waals surface area contributed by atoms with E-state index < -0.39 is 5.97 Å². The Morgan fingerprint density at radius 1 is 1.28 bits per heavy atom. The third-order valence-electron chi connectivity index (χ3n) is 2.64. The van der Waals surface area contributed by atoms with Crippen molar-refractivity contribution in [3.63, 3.8) is 0 Å². The number of hydrogen-bond donors (Lipinski definition) is 2. The number of aryl methyl sites for hydroxylation is 2. The molecule has 0 fully saturated rings. The lowest BCUT2D eigenvalue weighted by Gasteiger charge is -2.04. The van der Waals surface area contributed by atoms with Gasteiger partial charge in [-0.2, -0.15) is 0 Å². The Bertz CT molecular complexity index is 426. The zero-order chi connectivity index (χ0) is 13.5. The van der Waals surface area contributed by atoms with E-state index in [0.717, 1.165) is 28.2 Å². The summed E-state index contributed by atoms with van der Waals surface area (Å²) in [6.45, 7) is 4.53. The molecule has 1 amide bonds. The summed E-state index contributed by atoms with van der Waals surface area (Å²) in [5, 5.41) is 11.3. The van der Waals surface area contributed by atoms with Crippen molar-refractivity contribution < 1.29 is 14.7 Å². The fourth-order valence-corrected chi connectivity index (χ4v) is 2.65. The van der Waals surface area contributed by atoms with Crippen LogP contribution in [0, 0.1) is 13.8 Å². The molecule has 0 aliphatic carbocycles. The number of aliphatic carboxylic acids is 1. The topological polar surface area (TPSA) is 66.4 Å². The largest absolute Gasteiger partial charge is 0.481 e. The third-order valence-corrected chi connectivity index (χ3v) is 3.60. The van der Waals surface area contributed by atoms with E-state index in [0.29, 0.717) is 13.0 Å². The summed E-state index contributed by atoms with van der Waals surface area (Å²) in [6, 6.07) is 1.90. The van der Waals surface area contributed by atoms with Crippen LogP contribution < -0.4 is 5.32 Å². The number of rotatable bonds is 7. The molecular weight excluding hydrogens is 250 g/mol. The minimum Gasteiger partial charge on any atom is -0.481 e. The Kier molecular flexibility index (Phi) is 5.85. The number of carbonyl (C=O) groups excluding carboxylic acids is 1. The molecule has 18 heavy (non-hydrogen) atoms. The molecule has 5 heteroatoms. The summed E-state index contributed by atoms with van der Waals surface area (Å²) >= 11 is 1.62. The maximum absolute atomic E-state index is 11.8. The van der Waals surface area contributed by atoms with E-state index in [-0.39, 0.29) is 12.3 Å². The SMILES string of the molecule is Cc1cc(C(=O)NCCCCCC(=O)O)c(C)s1. The standard InChI is InChI=1S/C13H19NO3S/c1-9-8-11(10(2)18-9)13(17)14-7-5-3-4-6-12(15)16/h8H,3-7H2,1-2H3,(H,14,17)(H,15,16). The van der Waals surface area contributed by atoms with Crippen LogP contribution in [0.4, 0.5) is 0 Å². The molecule has 4 nitrogen and oxygen atoms in total. The second kappa shape index (κ2) is 7.16. The lowest BCUT2D eigenvalue weighted by molar-refractivity contribution is -0.137. The molecule has 1 aromatic rings. The summed E-state index contributed by atoms with van der Waals surface area (Å²) in [5.74, 6) is -0.793. The molecule has 0 aliphatic rings. The van der Waals surface area contributed by atoms with Crippen LogP contribution in [0.5, 0.6) is 0 Å². The molecule has 0 unspecified atom stereocenters. The number of nitrogens with one attached hydrogen (secondary N) is 1. The average Bonchev–Trinajstić information content (AvgIpc) is 2.62. The number of carbonyl (C=O) groups is 2. The normalized spacial score (nSPS) is 10.3. The summed E-state index contributed by atoms with van der Waals surface area (Å²) in [5.41, 5.74) is 0.753. The zero-order valence-electron chi connectivity index (χ0n) is 10.8. The fraction of sp³-hybridized carbons (Fsp3) is 0.538. The third kappa shape index (κ3) is 4.87. The monoisotopic (exact) mass is 269 g/mol. The van der Waals surface area contributed by atoms with Gasteiger partial charge in [-0.25, -0.2) is 0 Å². The zero-order valence-corrected chi connectivity index (χ0v) is 11.6. The van der Waals surface area contributed by atoms with E-state index in [9.17, 15) is 9.59 Å². The van der Waals surface area contributed by atoms with E-state index in [2.05, 4.69) is 5.32 Å². The Morgan fingerprint density at radius 2 is 2.00 bits per heavy atom. The minimum atomic E-state index is -0.761. The molecule has 1 rings (SSSR count). The highest BCUT2D eigenvalue weighted by Crippen LogP contribution is 2.20. The van der Waals surface area contributed by atoms with Crippen molar-refractivity contribution in [3.8, 4) is 0 Å². The van der Waals surface area contributed by atoms with E-state index in [1.807, 2.05) is 19.9 Å². The molecule has 0 saturated heterocycles. The Labute approximate surface area is 111 Å². The highest BCUT2D eigenvalue weighted by atomic mass is 32.1. The van der Waals surface area contributed by atoms with E-state index in [1.165, 1.54) is 0 Å². The van der Waals surface area contributed by atoms with E-state index >= 15 is 0 Å². The van der Waals surface area contributed by atoms with Gasteiger partial charge in [0.05, 0.1) is 5.56 Å². The molecule has 0 spiro atoms. The van der Waals surface area contributed by atoms with Crippen molar-refractivity contribution in [1.82, 2.24) is 5.32 Å². The predicted molar refractivity (Wildman–Crippen MR) is 72.2 cm³/mol. The van der Waals surface area contributed by atoms with Gasteiger partial charge in [0.15, 0.2) is 0 Å². The molecule has 1 aromatic heterocycles. The van der Waals surface area contributed by atoms with Gasteiger partial charge in [0, 0.05) is 22.7 Å². The molecule has 1 heterocycles. The van der Waals surface area contributed by atoms with Gasteiger partial charge >= 0.3 is 5.97 Å².